The molecule has 1 heterocycles. The summed E-state index contributed by atoms with van der Waals surface area (Å²) in [6.07, 6.45) is 5.00. The lowest BCUT2D eigenvalue weighted by molar-refractivity contribution is 0.141. The van der Waals surface area contributed by atoms with Gasteiger partial charge in [0.15, 0.2) is 0 Å². The molecule has 1 saturated heterocycles. The molecular formula is C21H34N2O4S. The summed E-state index contributed by atoms with van der Waals surface area (Å²) in [6.45, 7) is 7.59. The minimum atomic E-state index is -3.27. The third kappa shape index (κ3) is 5.84. The molecule has 1 unspecified atom stereocenters. The van der Waals surface area contributed by atoms with E-state index in [9.17, 15) is 8.42 Å². The smallest absolute Gasteiger partial charge is 0.216 e. The van der Waals surface area contributed by atoms with Gasteiger partial charge in [0.25, 0.3) is 0 Å². The number of nitrogens with one attached hydrogen (secondary N) is 2. The Bertz CT molecular complexity index is 714. The topological polar surface area (TPSA) is 76.7 Å². The number of hydrogen-bond donors (Lipinski definition) is 2. The first-order valence-corrected chi connectivity index (χ1v) is 11.8. The van der Waals surface area contributed by atoms with Gasteiger partial charge >= 0.3 is 0 Å². The molecular weight excluding hydrogens is 376 g/mol. The van der Waals surface area contributed by atoms with Crippen molar-refractivity contribution in [1.82, 2.24) is 4.72 Å². The Labute approximate surface area is 169 Å². The van der Waals surface area contributed by atoms with E-state index >= 15 is 0 Å². The highest BCUT2D eigenvalue weighted by Crippen LogP contribution is 2.27. The molecule has 158 valence electrons. The summed E-state index contributed by atoms with van der Waals surface area (Å²) in [5.74, 6) is 1.45. The zero-order valence-electron chi connectivity index (χ0n) is 17.2. The molecule has 3 rings (SSSR count). The predicted molar refractivity (Wildman–Crippen MR) is 112 cm³/mol. The van der Waals surface area contributed by atoms with Gasteiger partial charge in [-0.25, -0.2) is 13.1 Å². The fourth-order valence-electron chi connectivity index (χ4n) is 3.59. The fraction of sp³-hybridized carbons (Fsp3) is 0.714. The summed E-state index contributed by atoms with van der Waals surface area (Å²) < 4.78 is 38.0. The van der Waals surface area contributed by atoms with Crippen molar-refractivity contribution in [2.45, 2.75) is 69.8 Å². The van der Waals surface area contributed by atoms with Gasteiger partial charge in [-0.05, 0) is 76.6 Å². The number of ether oxygens (including phenoxy) is 2. The maximum absolute atomic E-state index is 12.3. The lowest BCUT2D eigenvalue weighted by Crippen LogP contribution is -2.46. The molecule has 2 N–H and O–H groups in total. The molecule has 1 aliphatic heterocycles. The highest BCUT2D eigenvalue weighted by Gasteiger charge is 2.32. The highest BCUT2D eigenvalue weighted by atomic mass is 32.2. The molecule has 1 atom stereocenters. The van der Waals surface area contributed by atoms with Crippen molar-refractivity contribution >= 4 is 15.7 Å². The Hall–Kier alpha value is -1.31. The van der Waals surface area contributed by atoms with Gasteiger partial charge in [0.05, 0.1) is 18.0 Å². The van der Waals surface area contributed by atoms with Crippen LogP contribution in [0.2, 0.25) is 0 Å². The Morgan fingerprint density at radius 2 is 1.75 bits per heavy atom. The van der Waals surface area contributed by atoms with Crippen LogP contribution in [0, 0.1) is 5.92 Å². The van der Waals surface area contributed by atoms with E-state index in [1.165, 1.54) is 0 Å². The van der Waals surface area contributed by atoms with Crippen LogP contribution in [0.5, 0.6) is 5.75 Å². The van der Waals surface area contributed by atoms with Gasteiger partial charge in [-0.1, -0.05) is 0 Å². The Balaban J connectivity index is 1.39. The van der Waals surface area contributed by atoms with Crippen molar-refractivity contribution in [3.8, 4) is 5.75 Å². The van der Waals surface area contributed by atoms with Crippen molar-refractivity contribution in [1.29, 1.82) is 0 Å². The van der Waals surface area contributed by atoms with Crippen molar-refractivity contribution < 1.29 is 17.9 Å². The van der Waals surface area contributed by atoms with Gasteiger partial charge in [-0.2, -0.15) is 0 Å². The quantitative estimate of drug-likeness (QED) is 0.719. The molecule has 28 heavy (non-hydrogen) atoms. The third-order valence-corrected chi connectivity index (χ3v) is 7.87. The van der Waals surface area contributed by atoms with Crippen LogP contribution in [0.4, 0.5) is 5.69 Å². The van der Waals surface area contributed by atoms with Crippen LogP contribution in [0.25, 0.3) is 0 Å². The Kier molecular flexibility index (Phi) is 6.89. The van der Waals surface area contributed by atoms with E-state index in [4.69, 9.17) is 9.47 Å². The summed E-state index contributed by atoms with van der Waals surface area (Å²) in [4.78, 5) is 0. The largest absolute Gasteiger partial charge is 0.488 e. The maximum atomic E-state index is 12.3. The van der Waals surface area contributed by atoms with Gasteiger partial charge in [0, 0.05) is 24.7 Å². The molecule has 1 aliphatic carbocycles. The van der Waals surface area contributed by atoms with Gasteiger partial charge in [-0.3, -0.25) is 0 Å². The monoisotopic (exact) mass is 410 g/mol. The van der Waals surface area contributed by atoms with E-state index < -0.39 is 14.8 Å². The van der Waals surface area contributed by atoms with Gasteiger partial charge in [0.2, 0.25) is 10.0 Å². The Morgan fingerprint density at radius 3 is 2.32 bits per heavy atom. The summed E-state index contributed by atoms with van der Waals surface area (Å²) in [5, 5.41) is 3.50. The van der Waals surface area contributed by atoms with Gasteiger partial charge in [0.1, 0.15) is 11.9 Å². The summed E-state index contributed by atoms with van der Waals surface area (Å²) >= 11 is 0. The van der Waals surface area contributed by atoms with Crippen molar-refractivity contribution in [3.05, 3.63) is 24.3 Å². The second kappa shape index (κ2) is 9.01. The van der Waals surface area contributed by atoms with E-state index in [1.807, 2.05) is 24.3 Å². The van der Waals surface area contributed by atoms with Gasteiger partial charge < -0.3 is 14.8 Å². The van der Waals surface area contributed by atoms with Crippen LogP contribution in [0.1, 0.15) is 52.9 Å². The summed E-state index contributed by atoms with van der Waals surface area (Å²) in [7, 11) is -3.27. The molecule has 1 aromatic carbocycles. The molecule has 0 spiro atoms. The van der Waals surface area contributed by atoms with Crippen molar-refractivity contribution in [2.24, 2.45) is 5.92 Å². The SMILES string of the molecule is CC(C)(C)S(=O)(=O)NC1CCC(CNc2ccc(OC3CCOC3)cc2)CC1. The fourth-order valence-corrected chi connectivity index (χ4v) is 4.62. The zero-order chi connectivity index (χ0) is 20.2. The van der Waals surface area contributed by atoms with Gasteiger partial charge in [-0.15, -0.1) is 0 Å². The molecule has 1 aromatic rings. The molecule has 0 amide bonds. The van der Waals surface area contributed by atoms with Crippen LogP contribution in [-0.2, 0) is 14.8 Å². The molecule has 0 bridgehead atoms. The third-order valence-electron chi connectivity index (χ3n) is 5.61. The summed E-state index contributed by atoms with van der Waals surface area (Å²) in [5.41, 5.74) is 1.09. The second-order valence-electron chi connectivity index (χ2n) is 8.96. The molecule has 1 saturated carbocycles. The molecule has 2 aliphatic rings. The molecule has 2 fully saturated rings. The molecule has 7 heteroatoms. The average Bonchev–Trinajstić information content (AvgIpc) is 3.14. The summed E-state index contributed by atoms with van der Waals surface area (Å²) in [6, 6.07) is 8.16. The molecule has 0 radical (unpaired) electrons. The first-order chi connectivity index (χ1) is 13.2. The molecule has 0 aromatic heterocycles. The van der Waals surface area contributed by atoms with E-state index in [0.29, 0.717) is 12.5 Å². The van der Waals surface area contributed by atoms with E-state index in [0.717, 1.165) is 56.7 Å². The second-order valence-corrected chi connectivity index (χ2v) is 11.4. The number of benzene rings is 1. The van der Waals surface area contributed by atoms with Crippen LogP contribution in [0.15, 0.2) is 24.3 Å². The normalized spacial score (nSPS) is 26.2. The minimum absolute atomic E-state index is 0.0662. The van der Waals surface area contributed by atoms with E-state index in [1.54, 1.807) is 20.8 Å². The lowest BCUT2D eigenvalue weighted by Gasteiger charge is -2.31. The standard InChI is InChI=1S/C21H34N2O4S/c1-21(2,3)28(24,25)23-18-6-4-16(5-7-18)14-22-17-8-10-19(11-9-17)27-20-12-13-26-15-20/h8-11,16,18,20,22-23H,4-7,12-15H2,1-3H3. The first kappa shape index (κ1) is 21.4. The number of hydrogen-bond acceptors (Lipinski definition) is 5. The maximum Gasteiger partial charge on any atom is 0.216 e. The predicted octanol–water partition coefficient (Wildman–Crippen LogP) is 3.54. The van der Waals surface area contributed by atoms with Crippen LogP contribution < -0.4 is 14.8 Å². The Morgan fingerprint density at radius 1 is 1.07 bits per heavy atom. The highest BCUT2D eigenvalue weighted by molar-refractivity contribution is 7.90. The average molecular weight is 411 g/mol. The number of anilines is 1. The molecule has 6 nitrogen and oxygen atoms in total. The minimum Gasteiger partial charge on any atom is -0.488 e. The number of rotatable bonds is 7. The van der Waals surface area contributed by atoms with Crippen molar-refractivity contribution in [3.63, 3.8) is 0 Å². The van der Waals surface area contributed by atoms with Crippen molar-refractivity contribution in [2.75, 3.05) is 25.1 Å². The van der Waals surface area contributed by atoms with Crippen LogP contribution >= 0.6 is 0 Å². The van der Waals surface area contributed by atoms with Crippen LogP contribution in [-0.4, -0.2) is 45.1 Å². The lowest BCUT2D eigenvalue weighted by atomic mass is 9.86. The van der Waals surface area contributed by atoms with E-state index in [2.05, 4.69) is 10.0 Å². The number of sulfonamides is 1. The first-order valence-electron chi connectivity index (χ1n) is 10.3. The zero-order valence-corrected chi connectivity index (χ0v) is 18.1. The van der Waals surface area contributed by atoms with Crippen LogP contribution in [0.3, 0.4) is 0 Å². The van der Waals surface area contributed by atoms with E-state index in [-0.39, 0.29) is 12.1 Å².